The maximum absolute atomic E-state index is 11.6. The molecule has 0 spiro atoms. The van der Waals surface area contributed by atoms with Gasteiger partial charge in [0, 0.05) is 30.1 Å². The Morgan fingerprint density at radius 2 is 1.96 bits per heavy atom. The highest BCUT2D eigenvalue weighted by Crippen LogP contribution is 2.37. The van der Waals surface area contributed by atoms with Crippen molar-refractivity contribution in [2.75, 3.05) is 7.05 Å². The number of carbonyl (C=O) groups is 1. The number of carbonyl (C=O) groups excluding carboxylic acids is 1. The molecular formula is C19H24N2OS. The lowest BCUT2D eigenvalue weighted by molar-refractivity contribution is 0.0963. The summed E-state index contributed by atoms with van der Waals surface area (Å²) in [6, 6.07) is 12.7. The van der Waals surface area contributed by atoms with Gasteiger partial charge >= 0.3 is 0 Å². The molecule has 0 radical (unpaired) electrons. The number of hydrogen-bond acceptors (Lipinski definition) is 3. The smallest absolute Gasteiger partial charge is 0.251 e. The summed E-state index contributed by atoms with van der Waals surface area (Å²) < 4.78 is 0. The Hall–Kier alpha value is -1.65. The molecule has 1 aliphatic rings. The fourth-order valence-electron chi connectivity index (χ4n) is 3.40. The van der Waals surface area contributed by atoms with E-state index in [-0.39, 0.29) is 5.91 Å². The van der Waals surface area contributed by atoms with E-state index in [1.54, 1.807) is 7.05 Å². The van der Waals surface area contributed by atoms with Gasteiger partial charge in [0.05, 0.1) is 0 Å². The summed E-state index contributed by atoms with van der Waals surface area (Å²) in [6.45, 7) is 0.840. The SMILES string of the molecule is CNC(=O)c1ccc(CNC(c2cccs2)C2CCCC2)cc1. The van der Waals surface area contributed by atoms with Gasteiger partial charge in [0.25, 0.3) is 5.91 Å². The zero-order chi connectivity index (χ0) is 16.1. The standard InChI is InChI=1S/C19H24N2OS/c1-20-19(22)16-10-8-14(9-11-16)13-21-18(15-5-2-3-6-15)17-7-4-12-23-17/h4,7-12,15,18,21H,2-3,5-6,13H2,1H3,(H,20,22). The van der Waals surface area contributed by atoms with Crippen LogP contribution < -0.4 is 10.6 Å². The summed E-state index contributed by atoms with van der Waals surface area (Å²) in [5.74, 6) is 0.714. The molecule has 0 aliphatic heterocycles. The molecule has 1 atom stereocenters. The van der Waals surface area contributed by atoms with E-state index in [4.69, 9.17) is 0 Å². The third kappa shape index (κ3) is 4.01. The van der Waals surface area contributed by atoms with Gasteiger partial charge in [-0.2, -0.15) is 0 Å². The summed E-state index contributed by atoms with van der Waals surface area (Å²) in [5.41, 5.74) is 1.93. The molecule has 3 rings (SSSR count). The number of rotatable bonds is 6. The number of hydrogen-bond donors (Lipinski definition) is 2. The van der Waals surface area contributed by atoms with Crippen LogP contribution in [-0.2, 0) is 6.54 Å². The first kappa shape index (κ1) is 16.2. The Bertz CT molecular complexity index is 615. The molecule has 0 saturated heterocycles. The maximum Gasteiger partial charge on any atom is 0.251 e. The van der Waals surface area contributed by atoms with Gasteiger partial charge in [-0.25, -0.2) is 0 Å². The van der Waals surface area contributed by atoms with Gasteiger partial charge in [-0.3, -0.25) is 4.79 Å². The molecule has 1 unspecified atom stereocenters. The highest BCUT2D eigenvalue weighted by molar-refractivity contribution is 7.10. The van der Waals surface area contributed by atoms with Crippen LogP contribution >= 0.6 is 11.3 Å². The molecule has 1 heterocycles. The van der Waals surface area contributed by atoms with Gasteiger partial charge in [0.2, 0.25) is 0 Å². The zero-order valence-electron chi connectivity index (χ0n) is 13.5. The van der Waals surface area contributed by atoms with Crippen molar-refractivity contribution in [1.29, 1.82) is 0 Å². The first-order valence-electron chi connectivity index (χ1n) is 8.35. The van der Waals surface area contributed by atoms with Crippen LogP contribution in [0.4, 0.5) is 0 Å². The van der Waals surface area contributed by atoms with Crippen molar-refractivity contribution in [3.8, 4) is 0 Å². The van der Waals surface area contributed by atoms with E-state index < -0.39 is 0 Å². The molecule has 1 aromatic heterocycles. The summed E-state index contributed by atoms with van der Waals surface area (Å²) in [7, 11) is 1.66. The monoisotopic (exact) mass is 328 g/mol. The largest absolute Gasteiger partial charge is 0.355 e. The van der Waals surface area contributed by atoms with Crippen LogP contribution in [0.15, 0.2) is 41.8 Å². The van der Waals surface area contributed by atoms with Crippen molar-refractivity contribution in [3.05, 3.63) is 57.8 Å². The van der Waals surface area contributed by atoms with E-state index in [1.165, 1.54) is 36.1 Å². The minimum atomic E-state index is -0.0353. The number of amides is 1. The minimum Gasteiger partial charge on any atom is -0.355 e. The first-order valence-corrected chi connectivity index (χ1v) is 9.23. The van der Waals surface area contributed by atoms with Crippen molar-refractivity contribution in [2.24, 2.45) is 5.92 Å². The first-order chi connectivity index (χ1) is 11.3. The predicted octanol–water partition coefficient (Wildman–Crippen LogP) is 4.13. The molecular weight excluding hydrogens is 304 g/mol. The number of benzene rings is 1. The molecule has 1 amide bonds. The number of nitrogens with one attached hydrogen (secondary N) is 2. The van der Waals surface area contributed by atoms with Crippen LogP contribution in [0.3, 0.4) is 0 Å². The summed E-state index contributed by atoms with van der Waals surface area (Å²) in [6.07, 6.45) is 5.36. The highest BCUT2D eigenvalue weighted by Gasteiger charge is 2.26. The second-order valence-electron chi connectivity index (χ2n) is 6.19. The third-order valence-electron chi connectivity index (χ3n) is 4.69. The van der Waals surface area contributed by atoms with Crippen LogP contribution in [0.5, 0.6) is 0 Å². The average Bonchev–Trinajstić information content (AvgIpc) is 3.29. The van der Waals surface area contributed by atoms with Crippen LogP contribution in [0.2, 0.25) is 0 Å². The van der Waals surface area contributed by atoms with Crippen molar-refractivity contribution < 1.29 is 4.79 Å². The third-order valence-corrected chi connectivity index (χ3v) is 5.65. The molecule has 1 aromatic carbocycles. The molecule has 23 heavy (non-hydrogen) atoms. The van der Waals surface area contributed by atoms with Gasteiger partial charge in [-0.15, -0.1) is 11.3 Å². The van der Waals surface area contributed by atoms with E-state index in [2.05, 4.69) is 28.1 Å². The Labute approximate surface area is 142 Å². The van der Waals surface area contributed by atoms with Crippen LogP contribution in [-0.4, -0.2) is 13.0 Å². The van der Waals surface area contributed by atoms with Gasteiger partial charge in [-0.05, 0) is 47.9 Å². The molecule has 1 fully saturated rings. The Kier molecular flexibility index (Phi) is 5.47. The van der Waals surface area contributed by atoms with Crippen molar-refractivity contribution in [2.45, 2.75) is 38.3 Å². The Morgan fingerprint density at radius 1 is 1.22 bits per heavy atom. The average molecular weight is 328 g/mol. The quantitative estimate of drug-likeness (QED) is 0.837. The maximum atomic E-state index is 11.6. The topological polar surface area (TPSA) is 41.1 Å². The van der Waals surface area contributed by atoms with E-state index >= 15 is 0 Å². The van der Waals surface area contributed by atoms with Crippen molar-refractivity contribution >= 4 is 17.2 Å². The normalized spacial score (nSPS) is 16.4. The van der Waals surface area contributed by atoms with Crippen molar-refractivity contribution in [3.63, 3.8) is 0 Å². The molecule has 1 saturated carbocycles. The minimum absolute atomic E-state index is 0.0353. The Morgan fingerprint density at radius 3 is 2.57 bits per heavy atom. The van der Waals surface area contributed by atoms with Gasteiger partial charge in [0.15, 0.2) is 0 Å². The highest BCUT2D eigenvalue weighted by atomic mass is 32.1. The van der Waals surface area contributed by atoms with E-state index in [1.807, 2.05) is 35.6 Å². The zero-order valence-corrected chi connectivity index (χ0v) is 14.4. The molecule has 1 aliphatic carbocycles. The van der Waals surface area contributed by atoms with Gasteiger partial charge in [-0.1, -0.05) is 31.0 Å². The molecule has 2 aromatic rings. The summed E-state index contributed by atoms with van der Waals surface area (Å²) in [5, 5.41) is 8.57. The lowest BCUT2D eigenvalue weighted by atomic mass is 9.96. The fraction of sp³-hybridized carbons (Fsp3) is 0.421. The van der Waals surface area contributed by atoms with E-state index in [0.29, 0.717) is 11.6 Å². The van der Waals surface area contributed by atoms with Crippen LogP contribution in [0.1, 0.15) is 52.5 Å². The fourth-order valence-corrected chi connectivity index (χ4v) is 4.30. The molecule has 122 valence electrons. The molecule has 0 bridgehead atoms. The second-order valence-corrected chi connectivity index (χ2v) is 7.17. The van der Waals surface area contributed by atoms with Crippen molar-refractivity contribution in [1.82, 2.24) is 10.6 Å². The predicted molar refractivity (Wildman–Crippen MR) is 95.7 cm³/mol. The second kappa shape index (κ2) is 7.75. The molecule has 2 N–H and O–H groups in total. The number of thiophene rings is 1. The van der Waals surface area contributed by atoms with Gasteiger partial charge in [0.1, 0.15) is 0 Å². The Balaban J connectivity index is 1.65. The van der Waals surface area contributed by atoms with E-state index in [9.17, 15) is 4.79 Å². The van der Waals surface area contributed by atoms with Crippen LogP contribution in [0.25, 0.3) is 0 Å². The van der Waals surface area contributed by atoms with Crippen LogP contribution in [0, 0.1) is 5.92 Å². The van der Waals surface area contributed by atoms with Gasteiger partial charge < -0.3 is 10.6 Å². The molecule has 3 nitrogen and oxygen atoms in total. The van der Waals surface area contributed by atoms with E-state index in [0.717, 1.165) is 12.5 Å². The lowest BCUT2D eigenvalue weighted by Crippen LogP contribution is -2.26. The lowest BCUT2D eigenvalue weighted by Gasteiger charge is -2.24. The molecule has 4 heteroatoms. The summed E-state index contributed by atoms with van der Waals surface area (Å²) >= 11 is 1.85. The summed E-state index contributed by atoms with van der Waals surface area (Å²) in [4.78, 5) is 13.0.